The van der Waals surface area contributed by atoms with Crippen LogP contribution in [0.3, 0.4) is 0 Å². The van der Waals surface area contributed by atoms with Gasteiger partial charge in [-0.05, 0) is 220 Å². The number of anilines is 5. The first-order chi connectivity index (χ1) is 48.7. The van der Waals surface area contributed by atoms with E-state index in [2.05, 4.69) is 231 Å². The van der Waals surface area contributed by atoms with Gasteiger partial charge in [-0.15, -0.1) is 18.2 Å². The van der Waals surface area contributed by atoms with E-state index in [0.29, 0.717) is 0 Å². The molecule has 3 aliphatic heterocycles. The van der Waals surface area contributed by atoms with Gasteiger partial charge in [-0.2, -0.15) is 0 Å². The first kappa shape index (κ1) is 83.7. The maximum Gasteiger partial charge on any atom is 1.00 e. The fraction of sp³-hybridized carbons (Fsp3) is 0.171. The molecule has 12 nitrogen and oxygen atoms in total. The van der Waals surface area contributed by atoms with Gasteiger partial charge in [-0.25, -0.2) is 36.8 Å². The largest absolute Gasteiger partial charge is 1.00 e. The minimum Gasteiger partial charge on any atom is -0.850 e. The number of nitrogens with one attached hydrogen (secondary N) is 1. The predicted octanol–water partition coefficient (Wildman–Crippen LogP) is 19.3. The second kappa shape index (κ2) is 40.2. The van der Waals surface area contributed by atoms with Crippen LogP contribution in [0.2, 0.25) is 0 Å². The van der Waals surface area contributed by atoms with Gasteiger partial charge < -0.3 is 20.1 Å². The van der Waals surface area contributed by atoms with E-state index in [1.807, 2.05) is 97.2 Å². The minimum atomic E-state index is -3.66. The summed E-state index contributed by atoms with van der Waals surface area (Å²) >= 11 is 18.8. The Bertz CT molecular complexity index is 4680. The Morgan fingerprint density at radius 1 is 0.456 bits per heavy atom. The van der Waals surface area contributed by atoms with E-state index >= 15 is 0 Å². The molecule has 3 aliphatic rings. The third kappa shape index (κ3) is 25.0. The van der Waals surface area contributed by atoms with Crippen LogP contribution >= 0.6 is 88.1 Å². The number of hydrogen-bond acceptors (Lipinski definition) is 14. The van der Waals surface area contributed by atoms with Crippen LogP contribution in [0.15, 0.2) is 344 Å². The monoisotopic (exact) mass is 1710 g/mol. The molecular weight excluding hydrogens is 1640 g/mol. The Morgan fingerprint density at radius 2 is 0.825 bits per heavy atom. The van der Waals surface area contributed by atoms with Gasteiger partial charge in [0.05, 0.1) is 33.0 Å². The summed E-state index contributed by atoms with van der Waals surface area (Å²) in [4.78, 5) is 21.4. The summed E-state index contributed by atoms with van der Waals surface area (Å²) in [5, 5.41) is 14.7. The van der Waals surface area contributed by atoms with Crippen LogP contribution in [0, 0.1) is 0 Å². The Kier molecular flexibility index (Phi) is 32.7. The molecule has 526 valence electrons. The van der Waals surface area contributed by atoms with E-state index in [0.717, 1.165) is 58.2 Å². The zero-order valence-electron chi connectivity index (χ0n) is 58.4. The second-order valence-electron chi connectivity index (χ2n) is 24.9. The van der Waals surface area contributed by atoms with Gasteiger partial charge in [0.15, 0.2) is 10.1 Å². The van der Waals surface area contributed by atoms with Gasteiger partial charge in [-0.1, -0.05) is 206 Å². The zero-order chi connectivity index (χ0) is 73.3. The molecule has 4 aromatic heterocycles. The number of halogens is 4. The van der Waals surface area contributed by atoms with Crippen LogP contribution in [-0.4, -0.2) is 55.6 Å². The molecule has 21 heteroatoms. The molecule has 1 fully saturated rings. The number of thiol groups is 1. The molecule has 103 heavy (non-hydrogen) atoms. The maximum atomic E-state index is 12.9. The van der Waals surface area contributed by atoms with Gasteiger partial charge in [0.2, 0.25) is 19.7 Å². The summed E-state index contributed by atoms with van der Waals surface area (Å²) in [6, 6.07) is 84.8. The number of sulfone groups is 2. The Labute approximate surface area is 673 Å². The van der Waals surface area contributed by atoms with Crippen LogP contribution in [0.4, 0.5) is 28.4 Å². The first-order valence-electron chi connectivity index (χ1n) is 32.5. The normalized spacial score (nSPS) is 13.0. The van der Waals surface area contributed by atoms with Crippen molar-refractivity contribution in [3.8, 4) is 0 Å². The van der Waals surface area contributed by atoms with E-state index in [9.17, 15) is 21.9 Å². The average Bonchev–Trinajstić information content (AvgIpc) is 0.894. The summed E-state index contributed by atoms with van der Waals surface area (Å²) in [5.41, 5.74) is 9.79. The molecule has 0 spiro atoms. The van der Waals surface area contributed by atoms with Crippen LogP contribution < -0.4 is 44.9 Å². The van der Waals surface area contributed by atoms with E-state index < -0.39 is 25.3 Å². The van der Waals surface area contributed by atoms with Crippen molar-refractivity contribution in [1.82, 2.24) is 19.9 Å². The molecule has 0 aliphatic carbocycles. The molecule has 12 aromatic rings. The molecule has 0 bridgehead atoms. The topological polar surface area (TPSA) is 167 Å². The fourth-order valence-corrected chi connectivity index (χ4v) is 14.7. The van der Waals surface area contributed by atoms with Crippen molar-refractivity contribution in [2.45, 2.75) is 112 Å². The van der Waals surface area contributed by atoms with Gasteiger partial charge in [-0.3, -0.25) is 0 Å². The Balaban J connectivity index is 0.000000178. The zero-order valence-corrected chi connectivity index (χ0v) is 70.1. The summed E-state index contributed by atoms with van der Waals surface area (Å²) in [5.74, 6) is 0. The molecule has 7 heterocycles. The van der Waals surface area contributed by atoms with Gasteiger partial charge in [0.25, 0.3) is 0 Å². The maximum absolute atomic E-state index is 12.9. The van der Waals surface area contributed by atoms with E-state index in [-0.39, 0.29) is 60.2 Å². The number of para-hydroxylation sites is 4. The number of pyridine rings is 4. The van der Waals surface area contributed by atoms with Crippen LogP contribution in [0.1, 0.15) is 83.6 Å². The molecule has 0 saturated carbocycles. The average molecular weight is 1720 g/mol. The quantitative estimate of drug-likeness (QED) is 0.0880. The summed E-state index contributed by atoms with van der Waals surface area (Å²) in [6.07, 6.45) is 9.22. The number of fused-ring (bicyclic) bond motifs is 4. The molecular formula is C82H79Br4N6NaO6S4. The smallest absolute Gasteiger partial charge is 0.850 e. The Morgan fingerprint density at radius 3 is 1.19 bits per heavy atom. The van der Waals surface area contributed by atoms with Crippen LogP contribution in [0.25, 0.3) is 0 Å². The molecule has 1 saturated heterocycles. The molecule has 8 aromatic carbocycles. The van der Waals surface area contributed by atoms with Crippen molar-refractivity contribution in [3.05, 3.63) is 332 Å². The number of nitrogens with zero attached hydrogens (tertiary/aromatic N) is 5. The third-order valence-corrected chi connectivity index (χ3v) is 21.9. The predicted molar refractivity (Wildman–Crippen MR) is 431 cm³/mol. The number of aromatic nitrogens is 4. The van der Waals surface area contributed by atoms with Crippen molar-refractivity contribution in [2.24, 2.45) is 0 Å². The molecule has 0 atom stereocenters. The third-order valence-electron chi connectivity index (χ3n) is 15.4. The van der Waals surface area contributed by atoms with E-state index in [4.69, 9.17) is 4.74 Å². The number of rotatable bonds is 7. The number of benzene rings is 8. The SMILES string of the molecule is Brc1ccc(Br)nc1.Brc1ccc(Sc2ccccc2)nc1.C1CCOC1.CC(C)(C)[O-].CC1(C)c2ccccc2N(c2ccc(S(=O)(=O)c3ccccc3)nc2)c2ccccc21.CC1(C)c2ccccc2Nc2ccccc21.O=S(=O)(c1ccccc1)c1ccc(Br)cn1.Sc1ccccc1.[Na+]. The van der Waals surface area contributed by atoms with Gasteiger partial charge in [0.1, 0.15) is 9.63 Å². The number of hydrogen-bond donors (Lipinski definition) is 2. The van der Waals surface area contributed by atoms with Crippen molar-refractivity contribution < 1.29 is 56.2 Å². The first-order valence-corrected chi connectivity index (χ1v) is 39.9. The molecule has 0 radical (unpaired) electrons. The van der Waals surface area contributed by atoms with Crippen LogP contribution in [-0.2, 0) is 35.2 Å². The van der Waals surface area contributed by atoms with Crippen molar-refractivity contribution in [2.75, 3.05) is 23.4 Å². The summed E-state index contributed by atoms with van der Waals surface area (Å²) in [6.45, 7) is 15.9. The van der Waals surface area contributed by atoms with Gasteiger partial charge in [0, 0.05) is 77.2 Å². The van der Waals surface area contributed by atoms with E-state index in [1.165, 1.54) is 63.6 Å². The van der Waals surface area contributed by atoms with Crippen molar-refractivity contribution in [3.63, 3.8) is 0 Å². The standard InChI is InChI=1S/C26H22N2O2S.C15H15N.C11H8BrNO2S.C11H8BrNS.C6H6S.C5H3Br2N.C4H8O.C4H9O.Na/c1-26(2)21-12-6-8-14-23(21)28(24-15-9-7-13-22(24)26)19-16-17-25(27-18-19)31(29,30)20-10-4-3-5-11-20;1-15(2)11-7-3-5-9-13(11)16-14-10-6-4-8-12(14)15;12-9-6-7-11(13-8-9)16(14,15)10-4-2-1-3-5-10;12-9-6-7-11(13-8-9)14-10-4-2-1-3-5-10;7-6-4-2-1-3-5-6;6-4-1-2-5(7)8-3-4;1-2-4-5-3-1;1-4(2,3)5;/h3-18H,1-2H3;3-10,16H,1-2H3;1-8H;1-8H;1-5,7H;1-3H;1-4H2;1-3H3;/q;;;;;;;-1;+1. The van der Waals surface area contributed by atoms with E-state index in [1.54, 1.807) is 118 Å². The molecule has 15 rings (SSSR count). The Hall–Kier alpha value is -6.60. The summed E-state index contributed by atoms with van der Waals surface area (Å²) in [7, 11) is -7.14. The molecule has 1 N–H and O–H groups in total. The fourth-order valence-electron chi connectivity index (χ4n) is 10.5. The van der Waals surface area contributed by atoms with Crippen LogP contribution in [0.5, 0.6) is 0 Å². The minimum absolute atomic E-state index is 0. The second-order valence-corrected chi connectivity index (χ2v) is 33.9. The molecule has 0 amide bonds. The van der Waals surface area contributed by atoms with Crippen molar-refractivity contribution >= 4 is 136 Å². The summed E-state index contributed by atoms with van der Waals surface area (Å²) < 4.78 is 58.6. The van der Waals surface area contributed by atoms with Crippen molar-refractivity contribution in [1.29, 1.82) is 0 Å². The molecule has 0 unspecified atom stereocenters. The van der Waals surface area contributed by atoms with Gasteiger partial charge >= 0.3 is 29.6 Å². The number of ether oxygens (including phenoxy) is 1.